The van der Waals surface area contributed by atoms with Crippen molar-refractivity contribution in [3.8, 4) is 0 Å². The molecule has 1 amide bonds. The second kappa shape index (κ2) is 60.6. The van der Waals surface area contributed by atoms with Gasteiger partial charge in [-0.25, -0.2) is 0 Å². The SMILES string of the molecule is CCCCC/C=C\C/C=C\CCCCCCCC(=O)OCCCCCCCCCCCCCCCCCC(=O)NC(CO)C(O)/C=C/CCCCCCCCCCCCCCCCCCCCCCCC. The van der Waals surface area contributed by atoms with Crippen molar-refractivity contribution in [2.45, 2.75) is 353 Å². The maximum atomic E-state index is 12.5. The number of carbonyl (C=O) groups excluding carboxylic acids is 2. The molecule has 0 radical (unpaired) electrons. The summed E-state index contributed by atoms with van der Waals surface area (Å²) in [7, 11) is 0. The van der Waals surface area contributed by atoms with Crippen LogP contribution in [-0.2, 0) is 14.3 Å². The van der Waals surface area contributed by atoms with E-state index in [4.69, 9.17) is 4.74 Å². The van der Waals surface area contributed by atoms with Gasteiger partial charge in [0.1, 0.15) is 0 Å². The summed E-state index contributed by atoms with van der Waals surface area (Å²) >= 11 is 0. The molecular weight excluding hydrogens is 875 g/mol. The zero-order valence-corrected chi connectivity index (χ0v) is 47.7. The first-order valence-corrected chi connectivity index (χ1v) is 31.8. The van der Waals surface area contributed by atoms with Crippen LogP contribution in [0, 0.1) is 0 Å². The fourth-order valence-electron chi connectivity index (χ4n) is 9.78. The summed E-state index contributed by atoms with van der Waals surface area (Å²) in [5, 5.41) is 23.2. The summed E-state index contributed by atoms with van der Waals surface area (Å²) < 4.78 is 5.47. The fraction of sp³-hybridized carbons (Fsp3) is 0.877. The predicted octanol–water partition coefficient (Wildman–Crippen LogP) is 20.0. The van der Waals surface area contributed by atoms with Crippen molar-refractivity contribution < 1.29 is 24.5 Å². The summed E-state index contributed by atoms with van der Waals surface area (Å²) in [4.78, 5) is 24.6. The number of aliphatic hydroxyl groups is 2. The molecule has 418 valence electrons. The maximum Gasteiger partial charge on any atom is 0.305 e. The van der Waals surface area contributed by atoms with Crippen LogP contribution in [0.15, 0.2) is 36.5 Å². The van der Waals surface area contributed by atoms with E-state index in [-0.39, 0.29) is 18.5 Å². The van der Waals surface area contributed by atoms with E-state index in [1.165, 1.54) is 250 Å². The molecule has 3 N–H and O–H groups in total. The van der Waals surface area contributed by atoms with Gasteiger partial charge in [0, 0.05) is 12.8 Å². The Hall–Kier alpha value is -1.92. The molecule has 0 aliphatic carbocycles. The number of rotatable bonds is 59. The smallest absolute Gasteiger partial charge is 0.305 e. The maximum absolute atomic E-state index is 12.5. The van der Waals surface area contributed by atoms with Gasteiger partial charge < -0.3 is 20.3 Å². The number of ether oxygens (including phenoxy) is 1. The molecule has 0 bridgehead atoms. The van der Waals surface area contributed by atoms with Gasteiger partial charge in [-0.2, -0.15) is 0 Å². The van der Waals surface area contributed by atoms with Gasteiger partial charge in [-0.3, -0.25) is 9.59 Å². The second-order valence-corrected chi connectivity index (χ2v) is 21.7. The average Bonchev–Trinajstić information content (AvgIpc) is 3.37. The van der Waals surface area contributed by atoms with Crippen LogP contribution in [0.4, 0.5) is 0 Å². The Morgan fingerprint density at radius 1 is 0.394 bits per heavy atom. The average molecular weight is 999 g/mol. The van der Waals surface area contributed by atoms with Gasteiger partial charge in [0.2, 0.25) is 5.91 Å². The molecule has 0 heterocycles. The van der Waals surface area contributed by atoms with Crippen molar-refractivity contribution in [2.75, 3.05) is 13.2 Å². The van der Waals surface area contributed by atoms with Gasteiger partial charge >= 0.3 is 5.97 Å². The first-order valence-electron chi connectivity index (χ1n) is 31.8. The zero-order chi connectivity index (χ0) is 51.4. The van der Waals surface area contributed by atoms with E-state index < -0.39 is 12.1 Å². The Morgan fingerprint density at radius 3 is 1.10 bits per heavy atom. The van der Waals surface area contributed by atoms with Gasteiger partial charge in [0.15, 0.2) is 0 Å². The van der Waals surface area contributed by atoms with Gasteiger partial charge in [-0.15, -0.1) is 0 Å². The van der Waals surface area contributed by atoms with Gasteiger partial charge in [-0.05, 0) is 64.2 Å². The van der Waals surface area contributed by atoms with Crippen molar-refractivity contribution in [1.29, 1.82) is 0 Å². The number of allylic oxidation sites excluding steroid dienone is 5. The molecule has 0 aromatic heterocycles. The van der Waals surface area contributed by atoms with Crippen LogP contribution < -0.4 is 5.32 Å². The second-order valence-electron chi connectivity index (χ2n) is 21.7. The third-order valence-electron chi connectivity index (χ3n) is 14.7. The minimum absolute atomic E-state index is 0.0139. The number of carbonyl (C=O) groups is 2. The Morgan fingerprint density at radius 2 is 0.704 bits per heavy atom. The molecule has 0 saturated carbocycles. The molecular formula is C65H123NO5. The Kier molecular flexibility index (Phi) is 59.0. The topological polar surface area (TPSA) is 95.9 Å². The number of hydrogen-bond donors (Lipinski definition) is 3. The third-order valence-corrected chi connectivity index (χ3v) is 14.7. The van der Waals surface area contributed by atoms with Gasteiger partial charge in [0.05, 0.1) is 25.4 Å². The number of nitrogens with one attached hydrogen (secondary N) is 1. The molecule has 0 spiro atoms. The van der Waals surface area contributed by atoms with Crippen molar-refractivity contribution >= 4 is 11.9 Å². The van der Waals surface area contributed by atoms with Crippen molar-refractivity contribution in [3.05, 3.63) is 36.5 Å². The first kappa shape index (κ1) is 69.1. The van der Waals surface area contributed by atoms with Crippen molar-refractivity contribution in [1.82, 2.24) is 5.32 Å². The molecule has 0 rings (SSSR count). The number of unbranched alkanes of at least 4 members (excludes halogenated alkanes) is 44. The quantitative estimate of drug-likeness (QED) is 0.0321. The lowest BCUT2D eigenvalue weighted by Gasteiger charge is -2.20. The Labute approximate surface area is 443 Å². The molecule has 0 fully saturated rings. The van der Waals surface area contributed by atoms with E-state index in [9.17, 15) is 19.8 Å². The number of amides is 1. The van der Waals surface area contributed by atoms with E-state index in [1.54, 1.807) is 6.08 Å². The number of aliphatic hydroxyl groups excluding tert-OH is 2. The molecule has 6 nitrogen and oxygen atoms in total. The highest BCUT2D eigenvalue weighted by Crippen LogP contribution is 2.18. The van der Waals surface area contributed by atoms with Crippen molar-refractivity contribution in [3.63, 3.8) is 0 Å². The van der Waals surface area contributed by atoms with E-state index >= 15 is 0 Å². The minimum atomic E-state index is -0.853. The Bertz CT molecular complexity index is 1150. The van der Waals surface area contributed by atoms with Crippen LogP contribution in [0.5, 0.6) is 0 Å². The standard InChI is InChI=1S/C65H123NO5/c1-3-5-7-9-11-13-15-17-19-20-21-22-23-24-25-26-27-30-33-37-41-45-49-53-57-63(68)62(61-67)66-64(69)58-54-50-46-42-38-34-31-28-32-36-40-44-48-52-56-60-71-65(70)59-55-51-47-43-39-35-29-18-16-14-12-10-8-6-4-2/h12,14,18,29,53,57,62-63,67-68H,3-11,13,15-17,19-28,30-52,54-56,58-61H2,1-2H3,(H,66,69)/b14-12-,29-18-,57-53+. The van der Waals surface area contributed by atoms with Crippen LogP contribution in [0.3, 0.4) is 0 Å². The summed E-state index contributed by atoms with van der Waals surface area (Å²) in [6.07, 6.45) is 76.1. The largest absolute Gasteiger partial charge is 0.466 e. The van der Waals surface area contributed by atoms with Crippen molar-refractivity contribution in [2.24, 2.45) is 0 Å². The number of hydrogen-bond acceptors (Lipinski definition) is 5. The minimum Gasteiger partial charge on any atom is -0.466 e. The van der Waals surface area contributed by atoms with Gasteiger partial charge in [-0.1, -0.05) is 301 Å². The van der Waals surface area contributed by atoms with E-state index in [1.807, 2.05) is 6.08 Å². The fourth-order valence-corrected chi connectivity index (χ4v) is 9.78. The molecule has 2 atom stereocenters. The predicted molar refractivity (Wildman–Crippen MR) is 310 cm³/mol. The molecule has 0 aromatic rings. The Balaban J connectivity index is 3.47. The molecule has 0 aromatic carbocycles. The summed E-state index contributed by atoms with van der Waals surface area (Å²) in [5.74, 6) is -0.0879. The molecule has 0 aliphatic heterocycles. The molecule has 0 saturated heterocycles. The summed E-state index contributed by atoms with van der Waals surface area (Å²) in [6, 6.07) is -0.637. The van der Waals surface area contributed by atoms with E-state index in [0.29, 0.717) is 19.4 Å². The highest BCUT2D eigenvalue weighted by molar-refractivity contribution is 5.76. The van der Waals surface area contributed by atoms with E-state index in [0.717, 1.165) is 64.2 Å². The number of esters is 1. The van der Waals surface area contributed by atoms with Crippen LogP contribution >= 0.6 is 0 Å². The highest BCUT2D eigenvalue weighted by atomic mass is 16.5. The van der Waals surface area contributed by atoms with Crippen LogP contribution in [0.1, 0.15) is 341 Å². The first-order chi connectivity index (χ1) is 35.0. The van der Waals surface area contributed by atoms with Gasteiger partial charge in [0.25, 0.3) is 0 Å². The molecule has 6 heteroatoms. The highest BCUT2D eigenvalue weighted by Gasteiger charge is 2.18. The lowest BCUT2D eigenvalue weighted by Crippen LogP contribution is -2.45. The van der Waals surface area contributed by atoms with E-state index in [2.05, 4.69) is 43.5 Å². The summed E-state index contributed by atoms with van der Waals surface area (Å²) in [5.41, 5.74) is 0. The van der Waals surface area contributed by atoms with Crippen LogP contribution in [-0.4, -0.2) is 47.4 Å². The van der Waals surface area contributed by atoms with Crippen LogP contribution in [0.25, 0.3) is 0 Å². The monoisotopic (exact) mass is 998 g/mol. The van der Waals surface area contributed by atoms with Crippen LogP contribution in [0.2, 0.25) is 0 Å². The lowest BCUT2D eigenvalue weighted by atomic mass is 10.0. The normalized spacial score (nSPS) is 12.8. The molecule has 71 heavy (non-hydrogen) atoms. The lowest BCUT2D eigenvalue weighted by molar-refractivity contribution is -0.143. The summed E-state index contributed by atoms with van der Waals surface area (Å²) in [6.45, 7) is 4.88. The molecule has 0 aliphatic rings. The zero-order valence-electron chi connectivity index (χ0n) is 47.7. The third kappa shape index (κ3) is 57.2. The molecule has 2 unspecified atom stereocenters.